The quantitative estimate of drug-likeness (QED) is 0.858. The van der Waals surface area contributed by atoms with E-state index in [-0.39, 0.29) is 5.56 Å². The molecule has 1 aromatic heterocycles. The predicted molar refractivity (Wildman–Crippen MR) is 65.6 cm³/mol. The molecule has 2 rings (SSSR count). The van der Waals surface area contributed by atoms with Gasteiger partial charge in [0, 0.05) is 11.9 Å². The highest BCUT2D eigenvalue weighted by atomic mass is 16.4. The van der Waals surface area contributed by atoms with Gasteiger partial charge in [-0.05, 0) is 36.4 Å². The van der Waals surface area contributed by atoms with Crippen molar-refractivity contribution in [1.29, 1.82) is 5.26 Å². The van der Waals surface area contributed by atoms with Crippen LogP contribution in [0, 0.1) is 11.3 Å². The number of carbonyl (C=O) groups is 1. The average Bonchev–Trinajstić information content (AvgIpc) is 2.39. The largest absolute Gasteiger partial charge is 0.478 e. The lowest BCUT2D eigenvalue weighted by atomic mass is 10.2. The molecule has 1 heterocycles. The first-order valence-corrected chi connectivity index (χ1v) is 5.15. The van der Waals surface area contributed by atoms with Gasteiger partial charge in [0.15, 0.2) is 0 Å². The average molecular weight is 239 g/mol. The molecule has 2 aromatic rings. The lowest BCUT2D eigenvalue weighted by molar-refractivity contribution is 0.0697. The van der Waals surface area contributed by atoms with Crippen molar-refractivity contribution in [3.8, 4) is 6.07 Å². The Morgan fingerprint density at radius 3 is 2.61 bits per heavy atom. The molecule has 0 spiro atoms. The van der Waals surface area contributed by atoms with Crippen LogP contribution in [0.1, 0.15) is 15.9 Å². The summed E-state index contributed by atoms with van der Waals surface area (Å²) >= 11 is 0. The molecule has 0 aliphatic heterocycles. The van der Waals surface area contributed by atoms with Gasteiger partial charge in [-0.15, -0.1) is 0 Å². The molecule has 0 unspecified atom stereocenters. The summed E-state index contributed by atoms with van der Waals surface area (Å²) in [5.41, 5.74) is 1.44. The van der Waals surface area contributed by atoms with Crippen LogP contribution in [0.3, 0.4) is 0 Å². The molecule has 18 heavy (non-hydrogen) atoms. The van der Waals surface area contributed by atoms with Crippen LogP contribution in [-0.2, 0) is 0 Å². The van der Waals surface area contributed by atoms with Gasteiger partial charge in [-0.25, -0.2) is 9.78 Å². The third-order valence-electron chi connectivity index (χ3n) is 2.29. The highest BCUT2D eigenvalue weighted by molar-refractivity contribution is 5.88. The second-order valence-corrected chi connectivity index (χ2v) is 3.55. The molecular weight excluding hydrogens is 230 g/mol. The maximum atomic E-state index is 10.7. The fourth-order valence-electron chi connectivity index (χ4n) is 1.41. The highest BCUT2D eigenvalue weighted by Crippen LogP contribution is 2.15. The number of nitrogens with one attached hydrogen (secondary N) is 1. The summed E-state index contributed by atoms with van der Waals surface area (Å²) in [4.78, 5) is 14.7. The number of aromatic carboxylic acids is 1. The normalized spacial score (nSPS) is 9.50. The minimum absolute atomic E-state index is 0.222. The van der Waals surface area contributed by atoms with Crippen molar-refractivity contribution < 1.29 is 9.90 Å². The number of aromatic nitrogens is 1. The van der Waals surface area contributed by atoms with Crippen LogP contribution < -0.4 is 5.32 Å². The van der Waals surface area contributed by atoms with Crippen molar-refractivity contribution >= 4 is 17.5 Å². The SMILES string of the molecule is N#Cc1ccnc(Nc2ccc(C(=O)O)cc2)c1. The Hall–Kier alpha value is -2.87. The first-order chi connectivity index (χ1) is 8.69. The fraction of sp³-hybridized carbons (Fsp3) is 0. The molecule has 0 atom stereocenters. The van der Waals surface area contributed by atoms with Gasteiger partial charge in [-0.2, -0.15) is 5.26 Å². The summed E-state index contributed by atoms with van der Waals surface area (Å²) in [5, 5.41) is 20.5. The number of hydrogen-bond donors (Lipinski definition) is 2. The molecule has 5 nitrogen and oxygen atoms in total. The van der Waals surface area contributed by atoms with Gasteiger partial charge in [0.1, 0.15) is 5.82 Å². The molecule has 0 saturated heterocycles. The summed E-state index contributed by atoms with van der Waals surface area (Å²) in [6.07, 6.45) is 1.53. The maximum Gasteiger partial charge on any atom is 0.335 e. The molecule has 1 aromatic carbocycles. The molecule has 0 bridgehead atoms. The van der Waals surface area contributed by atoms with Crippen LogP contribution in [0.4, 0.5) is 11.5 Å². The number of benzene rings is 1. The smallest absolute Gasteiger partial charge is 0.335 e. The monoisotopic (exact) mass is 239 g/mol. The van der Waals surface area contributed by atoms with E-state index >= 15 is 0 Å². The van der Waals surface area contributed by atoms with Crippen LogP contribution in [-0.4, -0.2) is 16.1 Å². The fourth-order valence-corrected chi connectivity index (χ4v) is 1.41. The lowest BCUT2D eigenvalue weighted by Gasteiger charge is -2.05. The zero-order chi connectivity index (χ0) is 13.0. The number of nitrogens with zero attached hydrogens (tertiary/aromatic N) is 2. The second-order valence-electron chi connectivity index (χ2n) is 3.55. The first-order valence-electron chi connectivity index (χ1n) is 5.15. The van der Waals surface area contributed by atoms with Crippen LogP contribution >= 0.6 is 0 Å². The Labute approximate surface area is 103 Å². The number of rotatable bonds is 3. The molecule has 0 aliphatic rings. The van der Waals surface area contributed by atoms with Crippen LogP contribution in [0.5, 0.6) is 0 Å². The van der Waals surface area contributed by atoms with Gasteiger partial charge < -0.3 is 10.4 Å². The topological polar surface area (TPSA) is 86.0 Å². The minimum Gasteiger partial charge on any atom is -0.478 e. The third kappa shape index (κ3) is 2.62. The van der Waals surface area contributed by atoms with Gasteiger partial charge in [0.2, 0.25) is 0 Å². The van der Waals surface area contributed by atoms with Crippen LogP contribution in [0.25, 0.3) is 0 Å². The van der Waals surface area contributed by atoms with Crippen molar-refractivity contribution in [2.24, 2.45) is 0 Å². The molecular formula is C13H9N3O2. The van der Waals surface area contributed by atoms with E-state index < -0.39 is 5.97 Å². The molecule has 88 valence electrons. The molecule has 0 amide bonds. The first kappa shape index (κ1) is 11.6. The van der Waals surface area contributed by atoms with Crippen molar-refractivity contribution in [1.82, 2.24) is 4.98 Å². The number of carboxylic acids is 1. The Bertz CT molecular complexity index is 615. The van der Waals surface area contributed by atoms with Gasteiger partial charge in [0.05, 0.1) is 17.2 Å². The lowest BCUT2D eigenvalue weighted by Crippen LogP contribution is -1.97. The number of hydrogen-bond acceptors (Lipinski definition) is 4. The molecule has 0 saturated carbocycles. The second kappa shape index (κ2) is 4.97. The number of nitriles is 1. The summed E-state index contributed by atoms with van der Waals surface area (Å²) in [6, 6.07) is 11.5. The molecule has 0 fully saturated rings. The highest BCUT2D eigenvalue weighted by Gasteiger charge is 2.02. The van der Waals surface area contributed by atoms with E-state index in [0.29, 0.717) is 17.1 Å². The van der Waals surface area contributed by atoms with E-state index in [2.05, 4.69) is 10.3 Å². The van der Waals surface area contributed by atoms with E-state index in [1.165, 1.54) is 18.3 Å². The minimum atomic E-state index is -0.967. The van der Waals surface area contributed by atoms with E-state index in [4.69, 9.17) is 10.4 Å². The van der Waals surface area contributed by atoms with Crippen molar-refractivity contribution in [2.45, 2.75) is 0 Å². The van der Waals surface area contributed by atoms with Gasteiger partial charge >= 0.3 is 5.97 Å². The Kier molecular flexibility index (Phi) is 3.21. The maximum absolute atomic E-state index is 10.7. The Balaban J connectivity index is 2.18. The van der Waals surface area contributed by atoms with Crippen LogP contribution in [0.2, 0.25) is 0 Å². The predicted octanol–water partition coefficient (Wildman–Crippen LogP) is 2.40. The van der Waals surface area contributed by atoms with Gasteiger partial charge in [0.25, 0.3) is 0 Å². The number of pyridine rings is 1. The molecule has 0 aliphatic carbocycles. The van der Waals surface area contributed by atoms with Crippen molar-refractivity contribution in [2.75, 3.05) is 5.32 Å². The zero-order valence-electron chi connectivity index (χ0n) is 9.29. The summed E-state index contributed by atoms with van der Waals surface area (Å²) in [5.74, 6) is -0.428. The van der Waals surface area contributed by atoms with Gasteiger partial charge in [-0.3, -0.25) is 0 Å². The summed E-state index contributed by atoms with van der Waals surface area (Å²) in [7, 11) is 0. The molecule has 0 radical (unpaired) electrons. The van der Waals surface area contributed by atoms with E-state index in [1.807, 2.05) is 6.07 Å². The standard InChI is InChI=1S/C13H9N3O2/c14-8-9-5-6-15-12(7-9)16-11-3-1-10(2-4-11)13(17)18/h1-7H,(H,15,16)(H,17,18). The molecule has 5 heteroatoms. The number of anilines is 2. The van der Waals surface area contributed by atoms with E-state index in [0.717, 1.165) is 0 Å². The summed E-state index contributed by atoms with van der Waals surface area (Å²) in [6.45, 7) is 0. The van der Waals surface area contributed by atoms with Crippen molar-refractivity contribution in [3.05, 3.63) is 53.7 Å². The number of carboxylic acid groups (broad SMARTS) is 1. The summed E-state index contributed by atoms with van der Waals surface area (Å²) < 4.78 is 0. The van der Waals surface area contributed by atoms with E-state index in [9.17, 15) is 4.79 Å². The van der Waals surface area contributed by atoms with Crippen LogP contribution in [0.15, 0.2) is 42.6 Å². The Morgan fingerprint density at radius 2 is 2.00 bits per heavy atom. The van der Waals surface area contributed by atoms with E-state index in [1.54, 1.807) is 24.3 Å². The van der Waals surface area contributed by atoms with Gasteiger partial charge in [-0.1, -0.05) is 0 Å². The molecule has 2 N–H and O–H groups in total. The van der Waals surface area contributed by atoms with Crippen molar-refractivity contribution in [3.63, 3.8) is 0 Å². The zero-order valence-corrected chi connectivity index (χ0v) is 9.29. The Morgan fingerprint density at radius 1 is 1.28 bits per heavy atom. The third-order valence-corrected chi connectivity index (χ3v) is 2.29.